The highest BCUT2D eigenvalue weighted by molar-refractivity contribution is 7.15. The minimum atomic E-state index is -4.70. The Morgan fingerprint density at radius 3 is 2.64 bits per heavy atom. The number of nitrogens with one attached hydrogen (secondary N) is 1. The topological polar surface area (TPSA) is 81.9 Å². The molecule has 206 valence electrons. The number of aryl methyl sites for hydroxylation is 1. The second kappa shape index (κ2) is 13.1. The van der Waals surface area contributed by atoms with E-state index in [1.54, 1.807) is 23.1 Å². The summed E-state index contributed by atoms with van der Waals surface area (Å²) in [6.45, 7) is 2.98. The quantitative estimate of drug-likeness (QED) is 0.272. The highest BCUT2D eigenvalue weighted by Crippen LogP contribution is 2.35. The monoisotopic (exact) mass is 555 g/mol. The Hall–Kier alpha value is -3.45. The van der Waals surface area contributed by atoms with Crippen molar-refractivity contribution >= 4 is 23.1 Å². The molecule has 1 aliphatic rings. The minimum absolute atomic E-state index is 0.120. The average Bonchev–Trinajstić information content (AvgIpc) is 3.61. The van der Waals surface area contributed by atoms with Crippen molar-refractivity contribution in [3.8, 4) is 16.6 Å². The van der Waals surface area contributed by atoms with Crippen LogP contribution in [0.4, 0.5) is 19.0 Å². The van der Waals surface area contributed by atoms with Crippen LogP contribution in [0.15, 0.2) is 42.5 Å². The lowest BCUT2D eigenvalue weighted by Gasteiger charge is -2.26. The summed E-state index contributed by atoms with van der Waals surface area (Å²) in [5, 5.41) is 11.8. The smallest absolute Gasteiger partial charge is 0.354 e. The highest BCUT2D eigenvalue weighted by Gasteiger charge is 2.38. The number of benzene rings is 1. The number of amides is 1. The van der Waals surface area contributed by atoms with Gasteiger partial charge in [0.1, 0.15) is 11.9 Å². The molecule has 1 N–H and O–H groups in total. The third kappa shape index (κ3) is 7.57. The zero-order valence-corrected chi connectivity index (χ0v) is 22.7. The van der Waals surface area contributed by atoms with Crippen LogP contribution in [0.25, 0.3) is 10.6 Å². The third-order valence-corrected chi connectivity index (χ3v) is 7.97. The molecule has 1 fully saturated rings. The van der Waals surface area contributed by atoms with Crippen LogP contribution in [0.5, 0.6) is 0 Å². The van der Waals surface area contributed by atoms with Gasteiger partial charge < -0.3 is 10.2 Å². The molecule has 1 amide bonds. The first kappa shape index (κ1) is 28.6. The molecule has 39 heavy (non-hydrogen) atoms. The molecule has 1 aromatic carbocycles. The molecule has 1 aliphatic heterocycles. The zero-order chi connectivity index (χ0) is 27.8. The molecule has 0 bridgehead atoms. The zero-order valence-electron chi connectivity index (χ0n) is 21.9. The number of anilines is 1. The minimum Gasteiger partial charge on any atom is -0.354 e. The molecule has 2 aromatic heterocycles. The molecule has 1 saturated heterocycles. The van der Waals surface area contributed by atoms with Crippen LogP contribution in [-0.2, 0) is 23.8 Å². The summed E-state index contributed by atoms with van der Waals surface area (Å²) < 4.78 is 41.4. The normalized spacial score (nSPS) is 15.4. The molecule has 1 unspecified atom stereocenters. The molecule has 0 radical (unpaired) electrons. The number of carbonyl (C=O) groups excluding carboxylic acids is 1. The van der Waals surface area contributed by atoms with Crippen LogP contribution < -0.4 is 10.2 Å². The molecule has 1 atom stereocenters. The maximum Gasteiger partial charge on any atom is 0.451 e. The summed E-state index contributed by atoms with van der Waals surface area (Å²) in [5.41, 5.74) is 1.77. The van der Waals surface area contributed by atoms with Gasteiger partial charge in [0.05, 0.1) is 22.2 Å². The fourth-order valence-corrected chi connectivity index (χ4v) is 5.73. The van der Waals surface area contributed by atoms with Gasteiger partial charge in [-0.15, -0.1) is 11.3 Å². The molecule has 0 spiro atoms. The van der Waals surface area contributed by atoms with E-state index in [0.29, 0.717) is 42.8 Å². The average molecular weight is 556 g/mol. The Morgan fingerprint density at radius 1 is 1.13 bits per heavy atom. The molecule has 10 heteroatoms. The number of halogens is 3. The summed E-state index contributed by atoms with van der Waals surface area (Å²) in [5.74, 6) is -1.31. The van der Waals surface area contributed by atoms with Crippen molar-refractivity contribution in [1.82, 2.24) is 15.3 Å². The van der Waals surface area contributed by atoms with Crippen molar-refractivity contribution in [2.45, 2.75) is 70.5 Å². The van der Waals surface area contributed by atoms with Gasteiger partial charge in [0, 0.05) is 24.0 Å². The first-order chi connectivity index (χ1) is 18.8. The second-order valence-corrected chi connectivity index (χ2v) is 10.9. The number of carbonyl (C=O) groups is 1. The first-order valence-electron chi connectivity index (χ1n) is 13.4. The van der Waals surface area contributed by atoms with Crippen molar-refractivity contribution in [3.63, 3.8) is 0 Å². The van der Waals surface area contributed by atoms with Crippen LogP contribution >= 0.6 is 11.3 Å². The van der Waals surface area contributed by atoms with Gasteiger partial charge in [-0.1, -0.05) is 38.3 Å². The van der Waals surface area contributed by atoms with Gasteiger partial charge in [0.15, 0.2) is 0 Å². The summed E-state index contributed by atoms with van der Waals surface area (Å²) in [6.07, 6.45) is 2.47. The van der Waals surface area contributed by atoms with E-state index < -0.39 is 18.0 Å². The van der Waals surface area contributed by atoms with E-state index in [9.17, 15) is 18.0 Å². The van der Waals surface area contributed by atoms with Crippen molar-refractivity contribution < 1.29 is 18.0 Å². The van der Waals surface area contributed by atoms with Crippen molar-refractivity contribution in [2.24, 2.45) is 0 Å². The van der Waals surface area contributed by atoms with E-state index in [-0.39, 0.29) is 17.4 Å². The number of alkyl halides is 3. The molecular formula is C29H32F3N5OS. The van der Waals surface area contributed by atoms with Crippen molar-refractivity contribution in [1.29, 1.82) is 5.26 Å². The maximum absolute atomic E-state index is 13.8. The molecule has 3 aromatic rings. The number of aromatic nitrogens is 2. The number of thiophene rings is 1. The van der Waals surface area contributed by atoms with Crippen LogP contribution in [0.1, 0.15) is 67.3 Å². The lowest BCUT2D eigenvalue weighted by molar-refractivity contribution is -0.144. The van der Waals surface area contributed by atoms with E-state index in [4.69, 9.17) is 5.26 Å². The first-order valence-corrected chi connectivity index (χ1v) is 14.2. The molecule has 0 aliphatic carbocycles. The van der Waals surface area contributed by atoms with Gasteiger partial charge in [0.2, 0.25) is 11.7 Å². The maximum atomic E-state index is 13.8. The van der Waals surface area contributed by atoms with E-state index in [1.165, 1.54) is 17.8 Å². The van der Waals surface area contributed by atoms with Gasteiger partial charge in [0.25, 0.3) is 0 Å². The van der Waals surface area contributed by atoms with Gasteiger partial charge in [-0.3, -0.25) is 4.79 Å². The summed E-state index contributed by atoms with van der Waals surface area (Å²) >= 11 is 1.46. The number of hydrogen-bond donors (Lipinski definition) is 1. The van der Waals surface area contributed by atoms with Crippen LogP contribution in [0, 0.1) is 11.3 Å². The third-order valence-electron chi connectivity index (χ3n) is 6.80. The number of nitrogens with zero attached hydrogens (tertiary/aromatic N) is 4. The number of hydrogen-bond acceptors (Lipinski definition) is 6. The summed E-state index contributed by atoms with van der Waals surface area (Å²) in [6, 6.07) is 14.0. The Labute approximate surface area is 230 Å². The van der Waals surface area contributed by atoms with Crippen molar-refractivity contribution in [3.05, 3.63) is 64.3 Å². The van der Waals surface area contributed by atoms with E-state index in [0.717, 1.165) is 36.1 Å². The van der Waals surface area contributed by atoms with Gasteiger partial charge >= 0.3 is 6.18 Å². The summed E-state index contributed by atoms with van der Waals surface area (Å²) in [4.78, 5) is 24.2. The molecule has 0 saturated carbocycles. The Kier molecular flexibility index (Phi) is 9.57. The molecular weight excluding hydrogens is 523 g/mol. The SMILES string of the molecule is CCCCCCc1ccc(-c2cc(N3CCCC3C(=O)NCCc3ccc(C#N)cc3)nc(C(F)(F)F)n2)s1. The number of nitriles is 1. The van der Waals surface area contributed by atoms with E-state index in [1.807, 2.05) is 24.3 Å². The van der Waals surface area contributed by atoms with Crippen LogP contribution in [0.2, 0.25) is 0 Å². The van der Waals surface area contributed by atoms with Gasteiger partial charge in [-0.05, 0) is 61.9 Å². The van der Waals surface area contributed by atoms with E-state index >= 15 is 0 Å². The second-order valence-electron chi connectivity index (χ2n) is 9.71. The van der Waals surface area contributed by atoms with Crippen LogP contribution in [-0.4, -0.2) is 35.0 Å². The molecule has 3 heterocycles. The Bertz CT molecular complexity index is 1300. The fourth-order valence-electron chi connectivity index (χ4n) is 4.72. The largest absolute Gasteiger partial charge is 0.451 e. The van der Waals surface area contributed by atoms with Gasteiger partial charge in [-0.25, -0.2) is 9.97 Å². The fraction of sp³-hybridized carbons (Fsp3) is 0.448. The number of unbranched alkanes of at least 4 members (excludes halogenated alkanes) is 3. The highest BCUT2D eigenvalue weighted by atomic mass is 32.1. The predicted octanol–water partition coefficient (Wildman–Crippen LogP) is 6.55. The summed E-state index contributed by atoms with van der Waals surface area (Å²) in [7, 11) is 0. The Balaban J connectivity index is 1.48. The lowest BCUT2D eigenvalue weighted by Crippen LogP contribution is -2.44. The number of rotatable bonds is 11. The predicted molar refractivity (Wildman–Crippen MR) is 146 cm³/mol. The van der Waals surface area contributed by atoms with Crippen molar-refractivity contribution in [2.75, 3.05) is 18.0 Å². The Morgan fingerprint density at radius 2 is 1.92 bits per heavy atom. The molecule has 6 nitrogen and oxygen atoms in total. The molecule has 4 rings (SSSR count). The van der Waals surface area contributed by atoms with E-state index in [2.05, 4.69) is 28.3 Å². The lowest BCUT2D eigenvalue weighted by atomic mass is 10.1. The standard InChI is InChI=1S/C29H32F3N5OS/c1-2-3-4-5-7-22-13-14-25(39-22)23-18-26(36-28(35-23)29(30,31)32)37-17-6-8-24(37)27(38)34-16-15-20-9-11-21(19-33)12-10-20/h9-14,18,24H,2-8,15-17H2,1H3,(H,34,38). The van der Waals surface area contributed by atoms with Gasteiger partial charge in [-0.2, -0.15) is 18.4 Å². The van der Waals surface area contributed by atoms with Crippen LogP contribution in [0.3, 0.4) is 0 Å².